The quantitative estimate of drug-likeness (QED) is 0.843. The molecule has 1 N–H and O–H groups in total. The lowest BCUT2D eigenvalue weighted by atomic mass is 9.96. The lowest BCUT2D eigenvalue weighted by Gasteiger charge is -2.16. The first-order valence-corrected chi connectivity index (χ1v) is 8.28. The first-order valence-electron chi connectivity index (χ1n) is 8.28. The van der Waals surface area contributed by atoms with E-state index in [1.165, 1.54) is 18.7 Å². The Bertz CT molecular complexity index is 711. The summed E-state index contributed by atoms with van der Waals surface area (Å²) in [6, 6.07) is 15.1. The van der Waals surface area contributed by atoms with E-state index in [1.807, 2.05) is 18.2 Å². The second kappa shape index (κ2) is 7.04. The van der Waals surface area contributed by atoms with Gasteiger partial charge in [-0.15, -0.1) is 0 Å². The van der Waals surface area contributed by atoms with E-state index in [2.05, 4.69) is 17.4 Å². The van der Waals surface area contributed by atoms with E-state index in [-0.39, 0.29) is 17.1 Å². The zero-order valence-electron chi connectivity index (χ0n) is 13.8. The van der Waals surface area contributed by atoms with Crippen LogP contribution in [-0.4, -0.2) is 19.6 Å². The van der Waals surface area contributed by atoms with Crippen molar-refractivity contribution in [2.45, 2.75) is 31.1 Å². The average molecular weight is 327 g/mol. The molecule has 24 heavy (non-hydrogen) atoms. The van der Waals surface area contributed by atoms with E-state index in [4.69, 9.17) is 4.74 Å². The Balaban J connectivity index is 1.49. The third kappa shape index (κ3) is 3.75. The summed E-state index contributed by atoms with van der Waals surface area (Å²) in [7, 11) is 1.44. The summed E-state index contributed by atoms with van der Waals surface area (Å²) < 4.78 is 18.5. The number of carbonyl (C=O) groups is 1. The Labute approximate surface area is 141 Å². The Kier molecular flexibility index (Phi) is 4.84. The Morgan fingerprint density at radius 2 is 1.96 bits per heavy atom. The van der Waals surface area contributed by atoms with E-state index in [0.717, 1.165) is 18.4 Å². The van der Waals surface area contributed by atoms with E-state index in [9.17, 15) is 9.18 Å². The Morgan fingerprint density at radius 3 is 2.58 bits per heavy atom. The number of halogens is 1. The molecule has 1 amide bonds. The number of carbonyl (C=O) groups excluding carboxylic acids is 1. The van der Waals surface area contributed by atoms with Crippen LogP contribution in [0.15, 0.2) is 48.5 Å². The molecule has 0 radical (unpaired) electrons. The van der Waals surface area contributed by atoms with Crippen LogP contribution in [0.5, 0.6) is 5.75 Å². The van der Waals surface area contributed by atoms with Crippen LogP contribution in [0, 0.1) is 5.82 Å². The summed E-state index contributed by atoms with van der Waals surface area (Å²) in [6.07, 6.45) is 3.10. The number of rotatable bonds is 7. The molecule has 0 heterocycles. The molecular weight excluding hydrogens is 305 g/mol. The van der Waals surface area contributed by atoms with E-state index in [1.54, 1.807) is 12.1 Å². The Hall–Kier alpha value is -2.36. The van der Waals surface area contributed by atoms with Gasteiger partial charge in [-0.3, -0.25) is 4.79 Å². The molecule has 3 nitrogen and oxygen atoms in total. The van der Waals surface area contributed by atoms with Crippen LogP contribution in [-0.2, 0) is 16.6 Å². The summed E-state index contributed by atoms with van der Waals surface area (Å²) in [5.41, 5.74) is 2.21. The van der Waals surface area contributed by atoms with Crippen molar-refractivity contribution in [3.05, 3.63) is 65.5 Å². The Morgan fingerprint density at radius 1 is 1.21 bits per heavy atom. The molecule has 0 spiro atoms. The molecule has 3 rings (SSSR count). The summed E-state index contributed by atoms with van der Waals surface area (Å²) >= 11 is 0. The van der Waals surface area contributed by atoms with Gasteiger partial charge in [0.25, 0.3) is 0 Å². The molecule has 0 aromatic heterocycles. The maximum atomic E-state index is 13.6. The SMILES string of the molecule is COc1ccc(CCC(=O)NCC2(c3ccccc3)CC2)cc1F. The van der Waals surface area contributed by atoms with Crippen molar-refractivity contribution in [2.24, 2.45) is 0 Å². The number of ether oxygens (including phenoxy) is 1. The van der Waals surface area contributed by atoms with Crippen molar-refractivity contribution in [3.63, 3.8) is 0 Å². The third-order valence-corrected chi connectivity index (χ3v) is 4.72. The van der Waals surface area contributed by atoms with Gasteiger partial charge >= 0.3 is 0 Å². The minimum atomic E-state index is -0.392. The van der Waals surface area contributed by atoms with Gasteiger partial charge in [-0.05, 0) is 42.5 Å². The largest absolute Gasteiger partial charge is 0.494 e. The molecule has 0 atom stereocenters. The summed E-state index contributed by atoms with van der Waals surface area (Å²) in [4.78, 5) is 12.1. The number of hydrogen-bond donors (Lipinski definition) is 1. The third-order valence-electron chi connectivity index (χ3n) is 4.72. The lowest BCUT2D eigenvalue weighted by Crippen LogP contribution is -2.32. The van der Waals surface area contributed by atoms with Gasteiger partial charge in [0.05, 0.1) is 7.11 Å². The highest BCUT2D eigenvalue weighted by Gasteiger charge is 2.44. The van der Waals surface area contributed by atoms with Gasteiger partial charge in [0.15, 0.2) is 11.6 Å². The number of methoxy groups -OCH3 is 1. The molecule has 126 valence electrons. The maximum absolute atomic E-state index is 13.6. The van der Waals surface area contributed by atoms with Gasteiger partial charge < -0.3 is 10.1 Å². The molecule has 2 aromatic carbocycles. The van der Waals surface area contributed by atoms with Crippen molar-refractivity contribution < 1.29 is 13.9 Å². The number of hydrogen-bond acceptors (Lipinski definition) is 2. The van der Waals surface area contributed by atoms with E-state index in [0.29, 0.717) is 19.4 Å². The summed E-state index contributed by atoms with van der Waals surface area (Å²) in [5, 5.41) is 3.03. The number of amides is 1. The highest BCUT2D eigenvalue weighted by Crippen LogP contribution is 2.47. The van der Waals surface area contributed by atoms with Gasteiger partial charge in [-0.25, -0.2) is 4.39 Å². The summed E-state index contributed by atoms with van der Waals surface area (Å²) in [6.45, 7) is 0.673. The smallest absolute Gasteiger partial charge is 0.220 e. The molecule has 1 saturated carbocycles. The minimum Gasteiger partial charge on any atom is -0.494 e. The zero-order chi connectivity index (χ0) is 17.0. The highest BCUT2D eigenvalue weighted by molar-refractivity contribution is 5.76. The van der Waals surface area contributed by atoms with E-state index < -0.39 is 5.82 Å². The van der Waals surface area contributed by atoms with Crippen LogP contribution in [0.1, 0.15) is 30.4 Å². The lowest BCUT2D eigenvalue weighted by molar-refractivity contribution is -0.121. The molecule has 0 aliphatic heterocycles. The molecule has 1 aliphatic carbocycles. The highest BCUT2D eigenvalue weighted by atomic mass is 19.1. The predicted molar refractivity (Wildman–Crippen MR) is 91.6 cm³/mol. The number of aryl methyl sites for hydroxylation is 1. The van der Waals surface area contributed by atoms with Crippen LogP contribution in [0.2, 0.25) is 0 Å². The first kappa shape index (κ1) is 16.5. The molecule has 0 bridgehead atoms. The fourth-order valence-corrected chi connectivity index (χ4v) is 2.99. The normalized spacial score (nSPS) is 14.9. The zero-order valence-corrected chi connectivity index (χ0v) is 13.8. The van der Waals surface area contributed by atoms with Crippen LogP contribution >= 0.6 is 0 Å². The van der Waals surface area contributed by atoms with Gasteiger partial charge in [-0.1, -0.05) is 36.4 Å². The molecule has 2 aromatic rings. The van der Waals surface area contributed by atoms with Crippen LogP contribution in [0.3, 0.4) is 0 Å². The van der Waals surface area contributed by atoms with Gasteiger partial charge in [-0.2, -0.15) is 0 Å². The number of nitrogens with one attached hydrogen (secondary N) is 1. The van der Waals surface area contributed by atoms with Gasteiger partial charge in [0.1, 0.15) is 0 Å². The fourth-order valence-electron chi connectivity index (χ4n) is 2.99. The van der Waals surface area contributed by atoms with Crippen LogP contribution in [0.4, 0.5) is 4.39 Å². The van der Waals surface area contributed by atoms with Crippen molar-refractivity contribution in [1.82, 2.24) is 5.32 Å². The average Bonchev–Trinajstić information content (AvgIpc) is 3.40. The minimum absolute atomic E-state index is 0.00781. The molecule has 1 fully saturated rings. The number of benzene rings is 2. The fraction of sp³-hybridized carbons (Fsp3) is 0.350. The monoisotopic (exact) mass is 327 g/mol. The second-order valence-corrected chi connectivity index (χ2v) is 6.39. The maximum Gasteiger partial charge on any atom is 0.220 e. The summed E-state index contributed by atoms with van der Waals surface area (Å²) in [5.74, 6) is -0.161. The van der Waals surface area contributed by atoms with Crippen LogP contribution in [0.25, 0.3) is 0 Å². The van der Waals surface area contributed by atoms with Crippen molar-refractivity contribution in [2.75, 3.05) is 13.7 Å². The second-order valence-electron chi connectivity index (χ2n) is 6.39. The standard InChI is InChI=1S/C20H22FNO2/c1-24-18-9-7-15(13-17(18)21)8-10-19(23)22-14-20(11-12-20)16-5-3-2-4-6-16/h2-7,9,13H,8,10-12,14H2,1H3,(H,22,23). The molecule has 0 unspecified atom stereocenters. The molecular formula is C20H22FNO2. The van der Waals surface area contributed by atoms with Crippen molar-refractivity contribution >= 4 is 5.91 Å². The van der Waals surface area contributed by atoms with Gasteiger partial charge in [0.2, 0.25) is 5.91 Å². The molecule has 4 heteroatoms. The molecule has 0 saturated heterocycles. The van der Waals surface area contributed by atoms with Crippen molar-refractivity contribution in [3.8, 4) is 5.75 Å². The van der Waals surface area contributed by atoms with E-state index >= 15 is 0 Å². The first-order chi connectivity index (χ1) is 11.6. The van der Waals surface area contributed by atoms with Gasteiger partial charge in [0, 0.05) is 18.4 Å². The van der Waals surface area contributed by atoms with Crippen LogP contribution < -0.4 is 10.1 Å². The topological polar surface area (TPSA) is 38.3 Å². The molecule has 1 aliphatic rings. The van der Waals surface area contributed by atoms with Crippen molar-refractivity contribution in [1.29, 1.82) is 0 Å². The predicted octanol–water partition coefficient (Wildman–Crippen LogP) is 3.61.